The van der Waals surface area contributed by atoms with Gasteiger partial charge in [-0.05, 0) is 67.9 Å². The Hall–Kier alpha value is -3.32. The molecule has 3 fully saturated rings. The summed E-state index contributed by atoms with van der Waals surface area (Å²) in [6.45, 7) is 0.912. The molecule has 4 aliphatic rings. The number of anilines is 4. The van der Waals surface area contributed by atoms with Crippen molar-refractivity contribution in [2.24, 2.45) is 5.41 Å². The van der Waals surface area contributed by atoms with Crippen LogP contribution in [-0.4, -0.2) is 68.7 Å². The normalized spacial score (nSPS) is 24.1. The third kappa shape index (κ3) is 5.03. The van der Waals surface area contributed by atoms with Crippen molar-refractivity contribution in [2.45, 2.75) is 56.3 Å². The maximum Gasteiger partial charge on any atom is 0.258 e. The van der Waals surface area contributed by atoms with Crippen LogP contribution in [0.25, 0.3) is 0 Å². The van der Waals surface area contributed by atoms with E-state index in [1.165, 1.54) is 29.9 Å². The number of sulfonamides is 1. The summed E-state index contributed by atoms with van der Waals surface area (Å²) in [5.41, 5.74) is 0.806. The van der Waals surface area contributed by atoms with Gasteiger partial charge in [0.25, 0.3) is 5.91 Å². The van der Waals surface area contributed by atoms with E-state index in [1.807, 2.05) is 0 Å². The SMILES string of the molecule is CN1C(=O)C2(CCC(F)(F)C2)c2nc(NC(=O)c3ccc(NS(=O)(=O)CCO)cc3N3CCC4(CC3)CC4)ccc21. The van der Waals surface area contributed by atoms with Crippen LogP contribution in [0, 0.1) is 5.41 Å². The lowest BCUT2D eigenvalue weighted by atomic mass is 9.83. The zero-order valence-electron chi connectivity index (χ0n) is 22.8. The summed E-state index contributed by atoms with van der Waals surface area (Å²) in [6.07, 6.45) is 3.32. The van der Waals surface area contributed by atoms with Crippen LogP contribution in [0.1, 0.15) is 61.0 Å². The van der Waals surface area contributed by atoms with E-state index in [2.05, 4.69) is 19.9 Å². The lowest BCUT2D eigenvalue weighted by molar-refractivity contribution is -0.123. The number of aromatic nitrogens is 1. The van der Waals surface area contributed by atoms with Gasteiger partial charge in [0.05, 0.1) is 46.1 Å². The number of piperidine rings is 1. The third-order valence-corrected chi connectivity index (χ3v) is 10.4. The van der Waals surface area contributed by atoms with Crippen LogP contribution in [0.5, 0.6) is 0 Å². The summed E-state index contributed by atoms with van der Waals surface area (Å²) < 4.78 is 55.6. The second-order valence-corrected chi connectivity index (χ2v) is 13.7. The largest absolute Gasteiger partial charge is 0.395 e. The monoisotopic (exact) mass is 589 g/mol. The Kier molecular flexibility index (Phi) is 6.53. The Balaban J connectivity index is 1.30. The smallest absolute Gasteiger partial charge is 0.258 e. The lowest BCUT2D eigenvalue weighted by Crippen LogP contribution is -2.38. The van der Waals surface area contributed by atoms with E-state index in [0.29, 0.717) is 22.4 Å². The number of likely N-dealkylation sites (N-methyl/N-ethyl adjacent to an activating group) is 1. The molecule has 2 amide bonds. The number of alkyl halides is 2. The maximum atomic E-state index is 14.3. The lowest BCUT2D eigenvalue weighted by Gasteiger charge is -2.35. The van der Waals surface area contributed by atoms with E-state index in [1.54, 1.807) is 25.2 Å². The number of hydrogen-bond acceptors (Lipinski definition) is 7. The first-order chi connectivity index (χ1) is 19.4. The molecule has 220 valence electrons. The van der Waals surface area contributed by atoms with Crippen molar-refractivity contribution < 1.29 is 31.9 Å². The van der Waals surface area contributed by atoms with Gasteiger partial charge in [0.15, 0.2) is 0 Å². The number of carbonyl (C=O) groups excluding carboxylic acids is 2. The summed E-state index contributed by atoms with van der Waals surface area (Å²) in [6, 6.07) is 7.79. The van der Waals surface area contributed by atoms with Gasteiger partial charge in [0, 0.05) is 33.0 Å². The standard InChI is InChI=1S/C28H33F2N5O5S/c1-34-20-4-5-22(31-23(20)27(25(34)38)8-9-28(29,30)17-27)32-24(37)19-3-2-18(33-41(39,40)15-14-36)16-21(19)35-12-10-26(6-7-26)11-13-35/h2-5,16,33,36H,6-15,17H2,1H3,(H,31,32,37). The number of amides is 2. The minimum Gasteiger partial charge on any atom is -0.395 e. The number of benzene rings is 1. The molecule has 13 heteroatoms. The van der Waals surface area contributed by atoms with E-state index in [4.69, 9.17) is 5.11 Å². The molecular formula is C28H33F2N5O5S. The fourth-order valence-electron chi connectivity index (χ4n) is 6.56. The molecule has 3 N–H and O–H groups in total. The molecule has 2 aromatic rings. The Labute approximate surface area is 237 Å². The van der Waals surface area contributed by atoms with Crippen molar-refractivity contribution in [1.29, 1.82) is 0 Å². The fourth-order valence-corrected chi connectivity index (χ4v) is 7.39. The molecular weight excluding hydrogens is 556 g/mol. The van der Waals surface area contributed by atoms with Crippen LogP contribution >= 0.6 is 0 Å². The molecule has 2 saturated carbocycles. The highest BCUT2D eigenvalue weighted by atomic mass is 32.2. The number of hydrogen-bond donors (Lipinski definition) is 3. The number of rotatable bonds is 7. The van der Waals surface area contributed by atoms with Crippen LogP contribution in [0.4, 0.5) is 31.7 Å². The predicted octanol–water partition coefficient (Wildman–Crippen LogP) is 3.48. The summed E-state index contributed by atoms with van der Waals surface area (Å²) >= 11 is 0. The summed E-state index contributed by atoms with van der Waals surface area (Å²) in [4.78, 5) is 34.6. The summed E-state index contributed by atoms with van der Waals surface area (Å²) in [5, 5.41) is 11.9. The molecule has 2 aliphatic carbocycles. The molecule has 1 unspecified atom stereocenters. The first-order valence-electron chi connectivity index (χ1n) is 13.9. The van der Waals surface area contributed by atoms with Gasteiger partial charge >= 0.3 is 0 Å². The zero-order valence-corrected chi connectivity index (χ0v) is 23.6. The molecule has 1 aromatic carbocycles. The Morgan fingerprint density at radius 2 is 1.78 bits per heavy atom. The molecule has 10 nitrogen and oxygen atoms in total. The highest BCUT2D eigenvalue weighted by molar-refractivity contribution is 7.92. The van der Waals surface area contributed by atoms with Crippen molar-refractivity contribution in [3.63, 3.8) is 0 Å². The maximum absolute atomic E-state index is 14.3. The minimum absolute atomic E-state index is 0.0190. The number of pyridine rings is 1. The topological polar surface area (TPSA) is 132 Å². The first-order valence-corrected chi connectivity index (χ1v) is 15.5. The van der Waals surface area contributed by atoms with Crippen molar-refractivity contribution in [2.75, 3.05) is 52.3 Å². The van der Waals surface area contributed by atoms with Gasteiger partial charge in [0.2, 0.25) is 21.9 Å². The second kappa shape index (κ2) is 9.62. The quantitative estimate of drug-likeness (QED) is 0.451. The number of nitrogens with one attached hydrogen (secondary N) is 2. The predicted molar refractivity (Wildman–Crippen MR) is 150 cm³/mol. The van der Waals surface area contributed by atoms with E-state index < -0.39 is 58.4 Å². The second-order valence-electron chi connectivity index (χ2n) is 11.9. The van der Waals surface area contributed by atoms with Gasteiger partial charge in [-0.2, -0.15) is 0 Å². The number of nitrogens with zero attached hydrogens (tertiary/aromatic N) is 3. The highest BCUT2D eigenvalue weighted by Gasteiger charge is 2.60. The molecule has 2 aliphatic heterocycles. The fraction of sp³-hybridized carbons (Fsp3) is 0.536. The molecule has 3 heterocycles. The summed E-state index contributed by atoms with van der Waals surface area (Å²) in [7, 11) is -2.23. The zero-order chi connectivity index (χ0) is 29.2. The Morgan fingerprint density at radius 3 is 2.41 bits per heavy atom. The van der Waals surface area contributed by atoms with Crippen molar-refractivity contribution >= 4 is 44.7 Å². The molecule has 0 radical (unpaired) electrons. The van der Waals surface area contributed by atoms with E-state index in [9.17, 15) is 26.8 Å². The van der Waals surface area contributed by atoms with Crippen LogP contribution in [0.15, 0.2) is 30.3 Å². The Morgan fingerprint density at radius 1 is 1.05 bits per heavy atom. The molecule has 1 aromatic heterocycles. The number of carbonyl (C=O) groups is 2. The van der Waals surface area contributed by atoms with Gasteiger partial charge in [-0.15, -0.1) is 0 Å². The molecule has 0 bridgehead atoms. The molecule has 2 spiro atoms. The van der Waals surface area contributed by atoms with E-state index in [-0.39, 0.29) is 23.6 Å². The summed E-state index contributed by atoms with van der Waals surface area (Å²) in [5.74, 6) is -4.19. The molecule has 6 rings (SSSR count). The van der Waals surface area contributed by atoms with Gasteiger partial charge in [-0.25, -0.2) is 22.2 Å². The van der Waals surface area contributed by atoms with Gasteiger partial charge in [0.1, 0.15) is 5.82 Å². The van der Waals surface area contributed by atoms with Crippen LogP contribution in [0.3, 0.4) is 0 Å². The molecule has 1 saturated heterocycles. The van der Waals surface area contributed by atoms with Crippen LogP contribution in [0.2, 0.25) is 0 Å². The van der Waals surface area contributed by atoms with Crippen molar-refractivity contribution in [3.05, 3.63) is 41.6 Å². The highest BCUT2D eigenvalue weighted by Crippen LogP contribution is 2.55. The average Bonchev–Trinajstić information content (AvgIpc) is 3.54. The average molecular weight is 590 g/mol. The number of halogens is 2. The van der Waals surface area contributed by atoms with Crippen molar-refractivity contribution in [3.8, 4) is 0 Å². The minimum atomic E-state index is -3.77. The van der Waals surface area contributed by atoms with Crippen molar-refractivity contribution in [1.82, 2.24) is 4.98 Å². The molecule has 1 atom stereocenters. The van der Waals surface area contributed by atoms with Gasteiger partial charge < -0.3 is 20.2 Å². The number of fused-ring (bicyclic) bond motifs is 2. The Bertz CT molecular complexity index is 1520. The van der Waals surface area contributed by atoms with E-state index >= 15 is 0 Å². The van der Waals surface area contributed by atoms with Gasteiger partial charge in [-0.3, -0.25) is 14.3 Å². The number of aliphatic hydroxyl groups excluding tert-OH is 1. The van der Waals surface area contributed by atoms with E-state index in [0.717, 1.165) is 25.9 Å². The van der Waals surface area contributed by atoms with Gasteiger partial charge in [-0.1, -0.05) is 0 Å². The number of aliphatic hydroxyl groups is 1. The first kappa shape index (κ1) is 27.8. The molecule has 41 heavy (non-hydrogen) atoms. The van der Waals surface area contributed by atoms with Crippen LogP contribution < -0.4 is 19.8 Å². The third-order valence-electron chi connectivity index (χ3n) is 9.12. The van der Waals surface area contributed by atoms with Crippen LogP contribution in [-0.2, 0) is 20.2 Å².